The maximum atomic E-state index is 13.1. The molecule has 9 nitrogen and oxygen atoms in total. The summed E-state index contributed by atoms with van der Waals surface area (Å²) in [7, 11) is 2.38. The van der Waals surface area contributed by atoms with E-state index < -0.39 is 23.8 Å². The van der Waals surface area contributed by atoms with Crippen molar-refractivity contribution in [2.24, 2.45) is 11.3 Å². The van der Waals surface area contributed by atoms with Gasteiger partial charge in [0.2, 0.25) is 11.8 Å². The van der Waals surface area contributed by atoms with Crippen LogP contribution in [0.2, 0.25) is 0 Å². The number of ether oxygens (including phenoxy) is 2. The standard InChI is InChI=1S/C22H24N2O7/c1-22(2)9-15-18(16(25)10-22)14(8-17(26)24-15)19(27)23-13-6-11(20(28)30-3)5-12(7-13)21(29)31-4/h5-7,14H,8-10H2,1-4H3,(H,23,27)(H,24,26). The van der Waals surface area contributed by atoms with Gasteiger partial charge in [-0.25, -0.2) is 9.59 Å². The van der Waals surface area contributed by atoms with Crippen LogP contribution in [0.25, 0.3) is 0 Å². The third-order valence-electron chi connectivity index (χ3n) is 5.31. The number of hydrogen-bond donors (Lipinski definition) is 2. The first-order valence-electron chi connectivity index (χ1n) is 9.73. The number of rotatable bonds is 4. The molecular weight excluding hydrogens is 404 g/mol. The summed E-state index contributed by atoms with van der Waals surface area (Å²) in [5, 5.41) is 5.36. The number of benzene rings is 1. The second kappa shape index (κ2) is 8.33. The van der Waals surface area contributed by atoms with E-state index in [1.165, 1.54) is 32.4 Å². The topological polar surface area (TPSA) is 128 Å². The smallest absolute Gasteiger partial charge is 0.337 e. The fourth-order valence-corrected chi connectivity index (χ4v) is 3.98. The summed E-state index contributed by atoms with van der Waals surface area (Å²) in [6, 6.07) is 3.98. The second-order valence-corrected chi connectivity index (χ2v) is 8.41. The minimum Gasteiger partial charge on any atom is -0.465 e. The lowest BCUT2D eigenvalue weighted by Crippen LogP contribution is -2.44. The number of nitrogens with one attached hydrogen (secondary N) is 2. The molecule has 1 aliphatic heterocycles. The molecule has 31 heavy (non-hydrogen) atoms. The lowest BCUT2D eigenvalue weighted by molar-refractivity contribution is -0.129. The van der Waals surface area contributed by atoms with Crippen molar-refractivity contribution in [3.63, 3.8) is 0 Å². The first-order chi connectivity index (χ1) is 14.5. The van der Waals surface area contributed by atoms with Crippen molar-refractivity contribution in [3.05, 3.63) is 40.6 Å². The van der Waals surface area contributed by atoms with Gasteiger partial charge in [0, 0.05) is 29.8 Å². The van der Waals surface area contributed by atoms with Crippen LogP contribution < -0.4 is 10.6 Å². The Labute approximate surface area is 179 Å². The molecule has 1 aliphatic carbocycles. The van der Waals surface area contributed by atoms with Crippen LogP contribution in [0.3, 0.4) is 0 Å². The van der Waals surface area contributed by atoms with Crippen molar-refractivity contribution >= 4 is 35.2 Å². The van der Waals surface area contributed by atoms with E-state index in [9.17, 15) is 24.0 Å². The van der Waals surface area contributed by atoms with E-state index in [4.69, 9.17) is 9.47 Å². The average Bonchev–Trinajstić information content (AvgIpc) is 2.70. The van der Waals surface area contributed by atoms with E-state index in [1.54, 1.807) is 0 Å². The normalized spacial score (nSPS) is 19.8. The molecule has 1 atom stereocenters. The van der Waals surface area contributed by atoms with Gasteiger partial charge in [-0.3, -0.25) is 14.4 Å². The number of carbonyl (C=O) groups excluding carboxylic acids is 5. The number of hydrogen-bond acceptors (Lipinski definition) is 7. The largest absolute Gasteiger partial charge is 0.465 e. The van der Waals surface area contributed by atoms with Crippen molar-refractivity contribution in [2.75, 3.05) is 19.5 Å². The molecule has 0 radical (unpaired) electrons. The summed E-state index contributed by atoms with van der Waals surface area (Å²) >= 11 is 0. The Morgan fingerprint density at radius 2 is 1.58 bits per heavy atom. The van der Waals surface area contributed by atoms with Crippen LogP contribution in [-0.2, 0) is 23.9 Å². The number of allylic oxidation sites excluding steroid dienone is 1. The zero-order chi connectivity index (χ0) is 22.9. The zero-order valence-corrected chi connectivity index (χ0v) is 17.8. The number of amides is 2. The lowest BCUT2D eigenvalue weighted by Gasteiger charge is -2.37. The minimum absolute atomic E-state index is 0.0393. The molecule has 1 aromatic rings. The van der Waals surface area contributed by atoms with Gasteiger partial charge in [-0.2, -0.15) is 0 Å². The highest BCUT2D eigenvalue weighted by atomic mass is 16.5. The Hall–Kier alpha value is -3.49. The average molecular weight is 428 g/mol. The molecule has 2 amide bonds. The molecule has 0 aromatic heterocycles. The monoisotopic (exact) mass is 428 g/mol. The predicted molar refractivity (Wildman–Crippen MR) is 109 cm³/mol. The quantitative estimate of drug-likeness (QED) is 0.702. The Kier molecular flexibility index (Phi) is 5.97. The molecule has 2 N–H and O–H groups in total. The molecule has 3 rings (SSSR count). The molecule has 1 unspecified atom stereocenters. The van der Waals surface area contributed by atoms with Gasteiger partial charge in [-0.15, -0.1) is 0 Å². The maximum Gasteiger partial charge on any atom is 0.337 e. The molecule has 1 heterocycles. The van der Waals surface area contributed by atoms with Crippen molar-refractivity contribution in [1.82, 2.24) is 5.32 Å². The number of anilines is 1. The highest BCUT2D eigenvalue weighted by Crippen LogP contribution is 2.40. The van der Waals surface area contributed by atoms with E-state index in [0.29, 0.717) is 17.7 Å². The van der Waals surface area contributed by atoms with E-state index in [1.807, 2.05) is 13.8 Å². The van der Waals surface area contributed by atoms with Crippen LogP contribution in [0.1, 0.15) is 53.8 Å². The van der Waals surface area contributed by atoms with Crippen LogP contribution in [0.4, 0.5) is 5.69 Å². The zero-order valence-electron chi connectivity index (χ0n) is 17.8. The van der Waals surface area contributed by atoms with E-state index in [2.05, 4.69) is 10.6 Å². The van der Waals surface area contributed by atoms with E-state index in [0.717, 1.165) is 0 Å². The minimum atomic E-state index is -0.962. The highest BCUT2D eigenvalue weighted by molar-refractivity contribution is 6.09. The first-order valence-corrected chi connectivity index (χ1v) is 9.73. The summed E-state index contributed by atoms with van der Waals surface area (Å²) in [6.45, 7) is 3.86. The van der Waals surface area contributed by atoms with Crippen molar-refractivity contribution < 1.29 is 33.4 Å². The van der Waals surface area contributed by atoms with Crippen molar-refractivity contribution in [3.8, 4) is 0 Å². The Morgan fingerprint density at radius 3 is 2.13 bits per heavy atom. The van der Waals surface area contributed by atoms with E-state index in [-0.39, 0.29) is 46.8 Å². The number of Topliss-reactive ketones (excluding diaryl/α,β-unsaturated/α-hetero) is 1. The molecule has 0 spiro atoms. The van der Waals surface area contributed by atoms with E-state index >= 15 is 0 Å². The van der Waals surface area contributed by atoms with Gasteiger partial charge in [0.25, 0.3) is 0 Å². The number of ketones is 1. The molecule has 164 valence electrons. The van der Waals surface area contributed by atoms with Gasteiger partial charge in [0.1, 0.15) is 0 Å². The van der Waals surface area contributed by atoms with Crippen LogP contribution >= 0.6 is 0 Å². The fraction of sp³-hybridized carbons (Fsp3) is 0.409. The summed E-state index contributed by atoms with van der Waals surface area (Å²) in [5.41, 5.74) is 0.705. The SMILES string of the molecule is COC(=O)c1cc(NC(=O)C2CC(=O)NC3=C2C(=O)CC(C)(C)C3)cc(C(=O)OC)c1. The van der Waals surface area contributed by atoms with Crippen LogP contribution in [0, 0.1) is 11.3 Å². The Morgan fingerprint density at radius 1 is 1.00 bits per heavy atom. The van der Waals surface area contributed by atoms with Crippen LogP contribution in [0.5, 0.6) is 0 Å². The number of esters is 2. The van der Waals surface area contributed by atoms with Gasteiger partial charge in [0.05, 0.1) is 31.3 Å². The second-order valence-electron chi connectivity index (χ2n) is 8.41. The summed E-state index contributed by atoms with van der Waals surface area (Å²) in [6.07, 6.45) is 0.584. The van der Waals surface area contributed by atoms with Gasteiger partial charge in [-0.05, 0) is 30.0 Å². The summed E-state index contributed by atoms with van der Waals surface area (Å²) < 4.78 is 9.38. The molecule has 0 saturated carbocycles. The lowest BCUT2D eigenvalue weighted by atomic mass is 9.71. The first kappa shape index (κ1) is 22.2. The van der Waals surface area contributed by atoms with Gasteiger partial charge in [-0.1, -0.05) is 13.8 Å². The van der Waals surface area contributed by atoms with Gasteiger partial charge in [0.15, 0.2) is 5.78 Å². The summed E-state index contributed by atoms with van der Waals surface area (Å²) in [5.74, 6) is -3.46. The molecule has 9 heteroatoms. The molecule has 0 saturated heterocycles. The Bertz CT molecular complexity index is 988. The molecule has 1 aromatic carbocycles. The molecular formula is C22H24N2O7. The fourth-order valence-electron chi connectivity index (χ4n) is 3.98. The summed E-state index contributed by atoms with van der Waals surface area (Å²) in [4.78, 5) is 62.0. The number of carbonyl (C=O) groups is 5. The van der Waals surface area contributed by atoms with Crippen molar-refractivity contribution in [2.45, 2.75) is 33.1 Å². The third kappa shape index (κ3) is 4.65. The van der Waals surface area contributed by atoms with Crippen molar-refractivity contribution in [1.29, 1.82) is 0 Å². The predicted octanol–water partition coefficient (Wildman–Crippen LogP) is 1.98. The molecule has 0 bridgehead atoms. The Balaban J connectivity index is 1.95. The number of methoxy groups -OCH3 is 2. The van der Waals surface area contributed by atoms with Gasteiger partial charge < -0.3 is 20.1 Å². The van der Waals surface area contributed by atoms with Crippen LogP contribution in [-0.4, -0.2) is 43.8 Å². The van der Waals surface area contributed by atoms with Gasteiger partial charge >= 0.3 is 11.9 Å². The maximum absolute atomic E-state index is 13.1. The highest BCUT2D eigenvalue weighted by Gasteiger charge is 2.42. The molecule has 0 fully saturated rings. The molecule has 2 aliphatic rings. The van der Waals surface area contributed by atoms with Crippen LogP contribution in [0.15, 0.2) is 29.5 Å². The third-order valence-corrected chi connectivity index (χ3v) is 5.31.